The summed E-state index contributed by atoms with van der Waals surface area (Å²) in [5, 5.41) is 4.29. The highest BCUT2D eigenvalue weighted by molar-refractivity contribution is 5.76. The molecule has 4 heterocycles. The molecule has 0 saturated carbocycles. The van der Waals surface area contributed by atoms with Crippen LogP contribution in [0.15, 0.2) is 49.1 Å². The van der Waals surface area contributed by atoms with Crippen molar-refractivity contribution in [1.82, 2.24) is 24.4 Å². The molecule has 152 valence electrons. The minimum atomic E-state index is 0.401. The molecule has 1 fully saturated rings. The predicted molar refractivity (Wildman–Crippen MR) is 119 cm³/mol. The second kappa shape index (κ2) is 8.11. The van der Waals surface area contributed by atoms with Crippen LogP contribution in [0.2, 0.25) is 0 Å². The first-order chi connectivity index (χ1) is 14.0. The first-order valence-corrected chi connectivity index (χ1v) is 10.3. The van der Waals surface area contributed by atoms with E-state index in [-0.39, 0.29) is 0 Å². The SMILES string of the molecule is C=C(C)N1CCN(c2ccc(Nc3ncc4ccn(C(C)CC)c4n3)nc2)CC1. The molecule has 3 aromatic rings. The molecule has 1 atom stereocenters. The molecule has 0 spiro atoms. The predicted octanol–water partition coefficient (Wildman–Crippen LogP) is 4.20. The summed E-state index contributed by atoms with van der Waals surface area (Å²) in [6.07, 6.45) is 6.91. The molecule has 1 N–H and O–H groups in total. The third kappa shape index (κ3) is 4.04. The Morgan fingerprint density at radius 2 is 1.93 bits per heavy atom. The first-order valence-electron chi connectivity index (χ1n) is 10.3. The van der Waals surface area contributed by atoms with Crippen LogP contribution in [0.25, 0.3) is 11.0 Å². The van der Waals surface area contributed by atoms with Crippen LogP contribution in [0.3, 0.4) is 0 Å². The van der Waals surface area contributed by atoms with E-state index in [1.807, 2.05) is 18.5 Å². The van der Waals surface area contributed by atoms with Gasteiger partial charge >= 0.3 is 0 Å². The zero-order chi connectivity index (χ0) is 20.4. The molecular formula is C22H29N7. The molecular weight excluding hydrogens is 362 g/mol. The van der Waals surface area contributed by atoms with Crippen LogP contribution in [-0.2, 0) is 0 Å². The lowest BCUT2D eigenvalue weighted by molar-refractivity contribution is 0.323. The lowest BCUT2D eigenvalue weighted by Crippen LogP contribution is -2.45. The van der Waals surface area contributed by atoms with Crippen molar-refractivity contribution < 1.29 is 0 Å². The Morgan fingerprint density at radius 1 is 1.14 bits per heavy atom. The van der Waals surface area contributed by atoms with E-state index in [1.54, 1.807) is 0 Å². The van der Waals surface area contributed by atoms with Crippen LogP contribution < -0.4 is 10.2 Å². The van der Waals surface area contributed by atoms with E-state index in [0.717, 1.165) is 60.8 Å². The number of pyridine rings is 1. The molecule has 1 aliphatic heterocycles. The normalized spacial score (nSPS) is 15.6. The fourth-order valence-corrected chi connectivity index (χ4v) is 3.66. The topological polar surface area (TPSA) is 62.1 Å². The zero-order valence-corrected chi connectivity index (χ0v) is 17.5. The quantitative estimate of drug-likeness (QED) is 0.680. The molecule has 0 radical (unpaired) electrons. The van der Waals surface area contributed by atoms with Gasteiger partial charge in [0.15, 0.2) is 0 Å². The summed E-state index contributed by atoms with van der Waals surface area (Å²) in [6.45, 7) is 14.4. The maximum absolute atomic E-state index is 4.71. The number of anilines is 3. The van der Waals surface area contributed by atoms with Gasteiger partial charge in [0.1, 0.15) is 11.5 Å². The third-order valence-corrected chi connectivity index (χ3v) is 5.69. The zero-order valence-electron chi connectivity index (χ0n) is 17.5. The maximum Gasteiger partial charge on any atom is 0.230 e. The summed E-state index contributed by atoms with van der Waals surface area (Å²) >= 11 is 0. The van der Waals surface area contributed by atoms with Crippen molar-refractivity contribution in [3.05, 3.63) is 49.1 Å². The van der Waals surface area contributed by atoms with Crippen LogP contribution in [-0.4, -0.2) is 50.6 Å². The number of aromatic nitrogens is 4. The average molecular weight is 392 g/mol. The largest absolute Gasteiger partial charge is 0.372 e. The Hall–Kier alpha value is -3.09. The molecule has 1 unspecified atom stereocenters. The van der Waals surface area contributed by atoms with E-state index in [2.05, 4.69) is 75.3 Å². The second-order valence-electron chi connectivity index (χ2n) is 7.69. The Kier molecular flexibility index (Phi) is 5.38. The van der Waals surface area contributed by atoms with Gasteiger partial charge in [-0.2, -0.15) is 4.98 Å². The lowest BCUT2D eigenvalue weighted by atomic mass is 10.2. The van der Waals surface area contributed by atoms with E-state index >= 15 is 0 Å². The van der Waals surface area contributed by atoms with Crippen molar-refractivity contribution in [1.29, 1.82) is 0 Å². The standard InChI is InChI=1S/C22H29N7/c1-5-17(4)29-9-8-18-14-24-22(26-21(18)29)25-20-7-6-19(15-23-20)28-12-10-27(11-13-28)16(2)3/h6-9,14-15,17H,2,5,10-13H2,1,3-4H3,(H,23,24,25,26). The van der Waals surface area contributed by atoms with Gasteiger partial charge in [0.2, 0.25) is 5.95 Å². The molecule has 4 rings (SSSR count). The number of allylic oxidation sites excluding steroid dienone is 1. The van der Waals surface area contributed by atoms with Crippen LogP contribution in [0.5, 0.6) is 0 Å². The third-order valence-electron chi connectivity index (χ3n) is 5.69. The molecule has 1 saturated heterocycles. The Bertz CT molecular complexity index is 984. The lowest BCUT2D eigenvalue weighted by Gasteiger charge is -2.37. The molecule has 0 bridgehead atoms. The smallest absolute Gasteiger partial charge is 0.230 e. The number of rotatable bonds is 6. The van der Waals surface area contributed by atoms with Crippen molar-refractivity contribution >= 4 is 28.5 Å². The highest BCUT2D eigenvalue weighted by atomic mass is 15.3. The van der Waals surface area contributed by atoms with Gasteiger partial charge in [-0.25, -0.2) is 9.97 Å². The van der Waals surface area contributed by atoms with Crippen molar-refractivity contribution in [3.63, 3.8) is 0 Å². The summed E-state index contributed by atoms with van der Waals surface area (Å²) in [5.41, 5.74) is 3.22. The minimum Gasteiger partial charge on any atom is -0.372 e. The van der Waals surface area contributed by atoms with Gasteiger partial charge in [-0.05, 0) is 38.5 Å². The van der Waals surface area contributed by atoms with Crippen LogP contribution in [0.4, 0.5) is 17.5 Å². The van der Waals surface area contributed by atoms with E-state index in [0.29, 0.717) is 12.0 Å². The molecule has 1 aliphatic rings. The van der Waals surface area contributed by atoms with E-state index in [4.69, 9.17) is 4.98 Å². The number of hydrogen-bond acceptors (Lipinski definition) is 6. The van der Waals surface area contributed by atoms with Crippen LogP contribution >= 0.6 is 0 Å². The van der Waals surface area contributed by atoms with Gasteiger partial charge in [0.25, 0.3) is 0 Å². The van der Waals surface area contributed by atoms with Crippen molar-refractivity contribution in [2.45, 2.75) is 33.2 Å². The van der Waals surface area contributed by atoms with Gasteiger partial charge in [-0.15, -0.1) is 0 Å². The highest BCUT2D eigenvalue weighted by Crippen LogP contribution is 2.23. The number of piperazine rings is 1. The molecule has 7 nitrogen and oxygen atoms in total. The number of nitrogens with zero attached hydrogens (tertiary/aromatic N) is 6. The second-order valence-corrected chi connectivity index (χ2v) is 7.69. The van der Waals surface area contributed by atoms with Crippen molar-refractivity contribution in [2.24, 2.45) is 0 Å². The van der Waals surface area contributed by atoms with E-state index in [1.165, 1.54) is 0 Å². The Morgan fingerprint density at radius 3 is 2.59 bits per heavy atom. The summed E-state index contributed by atoms with van der Waals surface area (Å²) in [6, 6.07) is 6.55. The van der Waals surface area contributed by atoms with Gasteiger partial charge in [0.05, 0.1) is 11.9 Å². The minimum absolute atomic E-state index is 0.401. The van der Waals surface area contributed by atoms with E-state index < -0.39 is 0 Å². The first kappa shape index (κ1) is 19.2. The van der Waals surface area contributed by atoms with Gasteiger partial charge in [-0.3, -0.25) is 0 Å². The number of nitrogens with one attached hydrogen (secondary N) is 1. The number of fused-ring (bicyclic) bond motifs is 1. The van der Waals surface area contributed by atoms with Gasteiger partial charge < -0.3 is 19.7 Å². The molecule has 3 aromatic heterocycles. The van der Waals surface area contributed by atoms with E-state index in [9.17, 15) is 0 Å². The number of hydrogen-bond donors (Lipinski definition) is 1. The molecule has 7 heteroatoms. The summed E-state index contributed by atoms with van der Waals surface area (Å²) in [7, 11) is 0. The van der Waals surface area contributed by atoms with Crippen molar-refractivity contribution in [3.8, 4) is 0 Å². The van der Waals surface area contributed by atoms with Crippen LogP contribution in [0, 0.1) is 0 Å². The summed E-state index contributed by atoms with van der Waals surface area (Å²) in [5.74, 6) is 1.31. The fourth-order valence-electron chi connectivity index (χ4n) is 3.66. The monoisotopic (exact) mass is 391 g/mol. The highest BCUT2D eigenvalue weighted by Gasteiger charge is 2.17. The molecule has 0 amide bonds. The molecule has 29 heavy (non-hydrogen) atoms. The molecule has 0 aliphatic carbocycles. The maximum atomic E-state index is 4.71. The summed E-state index contributed by atoms with van der Waals surface area (Å²) < 4.78 is 2.20. The Labute approximate surface area is 172 Å². The fraction of sp³-hybridized carbons (Fsp3) is 0.409. The van der Waals surface area contributed by atoms with Crippen molar-refractivity contribution in [2.75, 3.05) is 36.4 Å². The summed E-state index contributed by atoms with van der Waals surface area (Å²) in [4.78, 5) is 18.4. The Balaban J connectivity index is 1.46. The van der Waals surface area contributed by atoms with Gasteiger partial charge in [-0.1, -0.05) is 13.5 Å². The average Bonchev–Trinajstić information content (AvgIpc) is 3.17. The van der Waals surface area contributed by atoms with Crippen LogP contribution in [0.1, 0.15) is 33.2 Å². The molecule has 0 aromatic carbocycles. The van der Waals surface area contributed by atoms with Gasteiger partial charge in [0, 0.05) is 55.7 Å².